The number of carbonyl (C=O) groups is 1. The molecule has 1 aromatic heterocycles. The first kappa shape index (κ1) is 12.6. The first-order chi connectivity index (χ1) is 7.59. The van der Waals surface area contributed by atoms with Crippen LogP contribution in [0.25, 0.3) is 0 Å². The molecule has 0 saturated heterocycles. The van der Waals surface area contributed by atoms with Gasteiger partial charge in [0.05, 0.1) is 11.7 Å². The Morgan fingerprint density at radius 3 is 2.75 bits per heavy atom. The summed E-state index contributed by atoms with van der Waals surface area (Å²) in [6.07, 6.45) is 3.18. The molecule has 0 fully saturated rings. The average Bonchev–Trinajstić information content (AvgIpc) is 2.26. The number of hydrogen-bond donors (Lipinski definition) is 2. The number of amides is 1. The molecule has 5 heteroatoms. The highest BCUT2D eigenvalue weighted by Crippen LogP contribution is 1.92. The van der Waals surface area contributed by atoms with E-state index < -0.39 is 0 Å². The molecule has 1 unspecified atom stereocenters. The van der Waals surface area contributed by atoms with Crippen molar-refractivity contribution in [3.05, 3.63) is 24.3 Å². The lowest BCUT2D eigenvalue weighted by atomic mass is 10.2. The molecule has 16 heavy (non-hydrogen) atoms. The van der Waals surface area contributed by atoms with Crippen LogP contribution in [0, 0.1) is 0 Å². The predicted octanol–water partition coefficient (Wildman–Crippen LogP) is 0.479. The van der Waals surface area contributed by atoms with Crippen molar-refractivity contribution in [2.75, 3.05) is 0 Å². The maximum atomic E-state index is 11.6. The van der Waals surface area contributed by atoms with Crippen LogP contribution in [0.2, 0.25) is 0 Å². The molecular formula is C11H18N4O. The first-order valence-electron chi connectivity index (χ1n) is 5.38. The molecule has 0 aliphatic carbocycles. The molecule has 0 aliphatic heterocycles. The van der Waals surface area contributed by atoms with Gasteiger partial charge in [-0.15, -0.1) is 0 Å². The van der Waals surface area contributed by atoms with Gasteiger partial charge in [-0.3, -0.25) is 4.79 Å². The molecule has 1 heterocycles. The molecule has 1 atom stereocenters. The average molecular weight is 222 g/mol. The molecule has 1 rings (SSSR count). The molecule has 0 aliphatic rings. The van der Waals surface area contributed by atoms with Crippen molar-refractivity contribution in [1.29, 1.82) is 0 Å². The van der Waals surface area contributed by atoms with Gasteiger partial charge in [-0.05, 0) is 26.8 Å². The van der Waals surface area contributed by atoms with Gasteiger partial charge in [-0.25, -0.2) is 9.97 Å². The van der Waals surface area contributed by atoms with E-state index in [1.165, 1.54) is 6.33 Å². The van der Waals surface area contributed by atoms with E-state index in [4.69, 9.17) is 0 Å². The van der Waals surface area contributed by atoms with E-state index in [0.29, 0.717) is 6.54 Å². The number of hydrogen-bond acceptors (Lipinski definition) is 4. The molecule has 1 aromatic rings. The fourth-order valence-corrected chi connectivity index (χ4v) is 1.18. The fraction of sp³-hybridized carbons (Fsp3) is 0.545. The van der Waals surface area contributed by atoms with Gasteiger partial charge in [0, 0.05) is 18.8 Å². The number of carbonyl (C=O) groups excluding carboxylic acids is 1. The molecule has 0 radical (unpaired) electrons. The molecule has 2 N–H and O–H groups in total. The van der Waals surface area contributed by atoms with E-state index >= 15 is 0 Å². The minimum absolute atomic E-state index is 0.00376. The monoisotopic (exact) mass is 222 g/mol. The Morgan fingerprint density at radius 1 is 1.44 bits per heavy atom. The maximum absolute atomic E-state index is 11.6. The van der Waals surface area contributed by atoms with E-state index in [0.717, 1.165) is 5.69 Å². The number of nitrogens with zero attached hydrogens (tertiary/aromatic N) is 2. The largest absolute Gasteiger partial charge is 0.353 e. The number of rotatable bonds is 5. The number of aromatic nitrogens is 2. The van der Waals surface area contributed by atoms with Gasteiger partial charge < -0.3 is 10.6 Å². The van der Waals surface area contributed by atoms with E-state index in [2.05, 4.69) is 20.6 Å². The lowest BCUT2D eigenvalue weighted by Gasteiger charge is -2.15. The molecule has 0 aromatic carbocycles. The Labute approximate surface area is 95.7 Å². The Balaban J connectivity index is 2.35. The summed E-state index contributed by atoms with van der Waals surface area (Å²) in [5.74, 6) is 0.00376. The Bertz CT molecular complexity index is 326. The highest BCUT2D eigenvalue weighted by molar-refractivity contribution is 5.81. The van der Waals surface area contributed by atoms with E-state index in [9.17, 15) is 4.79 Å². The third-order valence-corrected chi connectivity index (χ3v) is 2.06. The Kier molecular flexibility index (Phi) is 4.85. The van der Waals surface area contributed by atoms with E-state index in [1.54, 1.807) is 6.20 Å². The summed E-state index contributed by atoms with van der Waals surface area (Å²) < 4.78 is 0. The summed E-state index contributed by atoms with van der Waals surface area (Å²) in [5.41, 5.74) is 0.874. The lowest BCUT2D eigenvalue weighted by Crippen LogP contribution is -2.44. The highest BCUT2D eigenvalue weighted by atomic mass is 16.2. The van der Waals surface area contributed by atoms with Gasteiger partial charge in [-0.2, -0.15) is 0 Å². The Morgan fingerprint density at radius 2 is 2.19 bits per heavy atom. The predicted molar refractivity (Wildman–Crippen MR) is 61.6 cm³/mol. The smallest absolute Gasteiger partial charge is 0.237 e. The SMILES string of the molecule is CC(C)NC(=O)C(C)NCc1ccncn1. The zero-order chi connectivity index (χ0) is 12.0. The summed E-state index contributed by atoms with van der Waals surface area (Å²) >= 11 is 0. The van der Waals surface area contributed by atoms with Crippen molar-refractivity contribution in [3.63, 3.8) is 0 Å². The quantitative estimate of drug-likeness (QED) is 0.760. The second kappa shape index (κ2) is 6.17. The van der Waals surface area contributed by atoms with E-state index in [1.807, 2.05) is 26.8 Å². The van der Waals surface area contributed by atoms with Crippen molar-refractivity contribution < 1.29 is 4.79 Å². The molecule has 0 saturated carbocycles. The second-order valence-electron chi connectivity index (χ2n) is 3.97. The van der Waals surface area contributed by atoms with Crippen molar-refractivity contribution in [2.45, 2.75) is 39.4 Å². The van der Waals surface area contributed by atoms with Crippen molar-refractivity contribution in [1.82, 2.24) is 20.6 Å². The standard InChI is InChI=1S/C11H18N4O/c1-8(2)15-11(16)9(3)13-6-10-4-5-12-7-14-10/h4-5,7-9,13H,6H2,1-3H3,(H,15,16). The lowest BCUT2D eigenvalue weighted by molar-refractivity contribution is -0.123. The highest BCUT2D eigenvalue weighted by Gasteiger charge is 2.12. The minimum Gasteiger partial charge on any atom is -0.353 e. The fourth-order valence-electron chi connectivity index (χ4n) is 1.18. The van der Waals surface area contributed by atoms with Crippen LogP contribution in [0.5, 0.6) is 0 Å². The van der Waals surface area contributed by atoms with Crippen LogP contribution in [-0.4, -0.2) is 28.0 Å². The second-order valence-corrected chi connectivity index (χ2v) is 3.97. The van der Waals surface area contributed by atoms with Gasteiger partial charge in [0.1, 0.15) is 6.33 Å². The number of nitrogens with one attached hydrogen (secondary N) is 2. The molecule has 88 valence electrons. The third kappa shape index (κ3) is 4.35. The van der Waals surface area contributed by atoms with Gasteiger partial charge in [0.25, 0.3) is 0 Å². The van der Waals surface area contributed by atoms with Gasteiger partial charge in [0.2, 0.25) is 5.91 Å². The molecular weight excluding hydrogens is 204 g/mol. The first-order valence-corrected chi connectivity index (χ1v) is 5.38. The molecule has 1 amide bonds. The molecule has 0 spiro atoms. The summed E-state index contributed by atoms with van der Waals surface area (Å²) in [5, 5.41) is 5.95. The Hall–Kier alpha value is -1.49. The summed E-state index contributed by atoms with van der Waals surface area (Å²) in [7, 11) is 0. The summed E-state index contributed by atoms with van der Waals surface area (Å²) in [4.78, 5) is 19.5. The van der Waals surface area contributed by atoms with Crippen LogP contribution >= 0.6 is 0 Å². The van der Waals surface area contributed by atoms with Crippen LogP contribution in [0.4, 0.5) is 0 Å². The van der Waals surface area contributed by atoms with Crippen LogP contribution in [-0.2, 0) is 11.3 Å². The zero-order valence-electron chi connectivity index (χ0n) is 9.90. The summed E-state index contributed by atoms with van der Waals surface area (Å²) in [6.45, 7) is 6.28. The molecule has 0 bridgehead atoms. The maximum Gasteiger partial charge on any atom is 0.237 e. The van der Waals surface area contributed by atoms with E-state index in [-0.39, 0.29) is 18.0 Å². The van der Waals surface area contributed by atoms with Crippen LogP contribution in [0.1, 0.15) is 26.5 Å². The van der Waals surface area contributed by atoms with Gasteiger partial charge >= 0.3 is 0 Å². The third-order valence-electron chi connectivity index (χ3n) is 2.06. The van der Waals surface area contributed by atoms with Crippen LogP contribution < -0.4 is 10.6 Å². The van der Waals surface area contributed by atoms with Crippen molar-refractivity contribution in [3.8, 4) is 0 Å². The zero-order valence-corrected chi connectivity index (χ0v) is 9.90. The van der Waals surface area contributed by atoms with Crippen LogP contribution in [0.3, 0.4) is 0 Å². The van der Waals surface area contributed by atoms with Crippen LogP contribution in [0.15, 0.2) is 18.6 Å². The topological polar surface area (TPSA) is 66.9 Å². The molecule has 5 nitrogen and oxygen atoms in total. The van der Waals surface area contributed by atoms with Crippen molar-refractivity contribution in [2.24, 2.45) is 0 Å². The van der Waals surface area contributed by atoms with Crippen molar-refractivity contribution >= 4 is 5.91 Å². The van der Waals surface area contributed by atoms with Gasteiger partial charge in [-0.1, -0.05) is 0 Å². The normalized spacial score (nSPS) is 12.5. The van der Waals surface area contributed by atoms with Gasteiger partial charge in [0.15, 0.2) is 0 Å². The minimum atomic E-state index is -0.225. The summed E-state index contributed by atoms with van der Waals surface area (Å²) in [6, 6.07) is 1.76.